The fourth-order valence-electron chi connectivity index (χ4n) is 3.58. The lowest BCUT2D eigenvalue weighted by molar-refractivity contribution is 0.896. The van der Waals surface area contributed by atoms with Crippen molar-refractivity contribution < 1.29 is 0 Å². The Balaban J connectivity index is 1.45. The number of hydrogen-bond donors (Lipinski definition) is 0. The van der Waals surface area contributed by atoms with Gasteiger partial charge >= 0.3 is 0 Å². The van der Waals surface area contributed by atoms with Crippen LogP contribution in [0.1, 0.15) is 27.8 Å². The number of aryl methyl sites for hydroxylation is 3. The van der Waals surface area contributed by atoms with Gasteiger partial charge in [0.05, 0.1) is 17.7 Å². The molecule has 0 atom stereocenters. The summed E-state index contributed by atoms with van der Waals surface area (Å²) in [6.07, 6.45) is 4.74. The van der Waals surface area contributed by atoms with E-state index in [-0.39, 0.29) is 0 Å². The SMILES string of the molecule is Cc1ccc(-n2cc3ccc(C=NCC(=S)Cc4c(C)cccc4C)cc3n2)cc1. The van der Waals surface area contributed by atoms with Gasteiger partial charge < -0.3 is 0 Å². The maximum Gasteiger partial charge on any atom is 0.0934 e. The second kappa shape index (κ2) is 8.72. The Labute approximate surface area is 183 Å². The summed E-state index contributed by atoms with van der Waals surface area (Å²) in [5.41, 5.74) is 8.19. The van der Waals surface area contributed by atoms with E-state index in [1.807, 2.05) is 10.9 Å². The van der Waals surface area contributed by atoms with Crippen molar-refractivity contribution in [2.75, 3.05) is 6.54 Å². The van der Waals surface area contributed by atoms with Crippen LogP contribution in [0.5, 0.6) is 0 Å². The lowest BCUT2D eigenvalue weighted by Gasteiger charge is -2.09. The molecule has 4 heteroatoms. The van der Waals surface area contributed by atoms with E-state index in [0.717, 1.165) is 33.4 Å². The largest absolute Gasteiger partial charge is 0.287 e. The number of thiocarbonyl (C=S) groups is 1. The first kappa shape index (κ1) is 20.2. The molecule has 0 saturated carbocycles. The Kier molecular flexibility index (Phi) is 5.86. The van der Waals surface area contributed by atoms with E-state index >= 15 is 0 Å². The minimum Gasteiger partial charge on any atom is -0.287 e. The zero-order valence-electron chi connectivity index (χ0n) is 17.6. The summed E-state index contributed by atoms with van der Waals surface area (Å²) in [6, 6.07) is 21.0. The van der Waals surface area contributed by atoms with Crippen LogP contribution in [0.2, 0.25) is 0 Å². The Morgan fingerprint density at radius 3 is 2.47 bits per heavy atom. The van der Waals surface area contributed by atoms with Crippen molar-refractivity contribution in [3.63, 3.8) is 0 Å². The Bertz CT molecular complexity index is 1210. The van der Waals surface area contributed by atoms with Gasteiger partial charge in [0.15, 0.2) is 0 Å². The molecule has 1 heterocycles. The third-order valence-corrected chi connectivity index (χ3v) is 5.63. The Morgan fingerprint density at radius 2 is 1.73 bits per heavy atom. The molecule has 0 aliphatic rings. The van der Waals surface area contributed by atoms with Crippen molar-refractivity contribution >= 4 is 34.2 Å². The molecular formula is C26H25N3S. The van der Waals surface area contributed by atoms with Crippen LogP contribution in [0.4, 0.5) is 0 Å². The fraction of sp³-hybridized carbons (Fsp3) is 0.192. The van der Waals surface area contributed by atoms with Gasteiger partial charge in [-0.05, 0) is 61.2 Å². The van der Waals surface area contributed by atoms with Crippen LogP contribution in [0, 0.1) is 20.8 Å². The summed E-state index contributed by atoms with van der Waals surface area (Å²) >= 11 is 5.58. The van der Waals surface area contributed by atoms with Crippen LogP contribution < -0.4 is 0 Å². The quantitative estimate of drug-likeness (QED) is 0.288. The van der Waals surface area contributed by atoms with Crippen LogP contribution >= 0.6 is 12.2 Å². The Hall–Kier alpha value is -3.11. The minimum atomic E-state index is 0.555. The molecule has 30 heavy (non-hydrogen) atoms. The van der Waals surface area contributed by atoms with Gasteiger partial charge in [0.25, 0.3) is 0 Å². The molecule has 0 bridgehead atoms. The summed E-state index contributed by atoms with van der Waals surface area (Å²) < 4.78 is 1.92. The predicted molar refractivity (Wildman–Crippen MR) is 130 cm³/mol. The molecule has 4 rings (SSSR count). The number of nitrogens with zero attached hydrogens (tertiary/aromatic N) is 3. The number of aliphatic imine (C=N–C) groups is 1. The summed E-state index contributed by atoms with van der Waals surface area (Å²) in [5.74, 6) is 0. The smallest absolute Gasteiger partial charge is 0.0934 e. The summed E-state index contributed by atoms with van der Waals surface area (Å²) in [5, 5.41) is 5.83. The Morgan fingerprint density at radius 1 is 1.00 bits per heavy atom. The number of benzene rings is 3. The first-order valence-electron chi connectivity index (χ1n) is 10.1. The van der Waals surface area contributed by atoms with E-state index in [1.165, 1.54) is 22.3 Å². The summed E-state index contributed by atoms with van der Waals surface area (Å²) in [4.78, 5) is 5.53. The van der Waals surface area contributed by atoms with E-state index in [4.69, 9.17) is 17.3 Å². The normalized spacial score (nSPS) is 11.4. The first-order valence-corrected chi connectivity index (χ1v) is 10.5. The van der Waals surface area contributed by atoms with Crippen LogP contribution in [0.15, 0.2) is 71.9 Å². The third-order valence-electron chi connectivity index (χ3n) is 5.36. The highest BCUT2D eigenvalue weighted by Crippen LogP contribution is 2.18. The highest BCUT2D eigenvalue weighted by Gasteiger charge is 2.06. The van der Waals surface area contributed by atoms with Gasteiger partial charge in [0.1, 0.15) is 0 Å². The molecule has 3 nitrogen and oxygen atoms in total. The molecule has 4 aromatic rings. The number of fused-ring (bicyclic) bond motifs is 1. The van der Waals surface area contributed by atoms with E-state index in [0.29, 0.717) is 6.54 Å². The molecule has 0 N–H and O–H groups in total. The standard InChI is InChI=1S/C26H25N3S/c1-18-7-11-23(12-8-18)29-17-22-10-9-21(13-26(22)28-29)15-27-16-24(30)14-25-19(2)5-4-6-20(25)3/h4-13,15,17H,14,16H2,1-3H3. The zero-order valence-corrected chi connectivity index (χ0v) is 18.4. The second-order valence-corrected chi connectivity index (χ2v) is 8.36. The molecule has 0 unspecified atom stereocenters. The molecule has 150 valence electrons. The van der Waals surface area contributed by atoms with Crippen molar-refractivity contribution in [2.45, 2.75) is 27.2 Å². The average Bonchev–Trinajstić information content (AvgIpc) is 3.15. The molecule has 0 aliphatic carbocycles. The molecule has 3 aromatic carbocycles. The molecule has 0 fully saturated rings. The minimum absolute atomic E-state index is 0.555. The summed E-state index contributed by atoms with van der Waals surface area (Å²) in [6.45, 7) is 6.92. The van der Waals surface area contributed by atoms with E-state index in [2.05, 4.69) is 92.6 Å². The topological polar surface area (TPSA) is 30.2 Å². The molecule has 0 saturated heterocycles. The van der Waals surface area contributed by atoms with E-state index < -0.39 is 0 Å². The predicted octanol–water partition coefficient (Wildman–Crippen LogP) is 5.98. The van der Waals surface area contributed by atoms with Crippen molar-refractivity contribution in [2.24, 2.45) is 4.99 Å². The van der Waals surface area contributed by atoms with Crippen molar-refractivity contribution in [1.29, 1.82) is 0 Å². The van der Waals surface area contributed by atoms with Gasteiger partial charge in [-0.1, -0.05) is 60.2 Å². The van der Waals surface area contributed by atoms with Crippen molar-refractivity contribution in [3.05, 3.63) is 94.7 Å². The van der Waals surface area contributed by atoms with Crippen LogP contribution in [0.3, 0.4) is 0 Å². The molecule has 0 aliphatic heterocycles. The van der Waals surface area contributed by atoms with Crippen molar-refractivity contribution in [1.82, 2.24) is 9.78 Å². The molecule has 0 amide bonds. The monoisotopic (exact) mass is 411 g/mol. The third kappa shape index (κ3) is 4.55. The highest BCUT2D eigenvalue weighted by molar-refractivity contribution is 7.80. The molecular weight excluding hydrogens is 386 g/mol. The summed E-state index contributed by atoms with van der Waals surface area (Å²) in [7, 11) is 0. The van der Waals surface area contributed by atoms with Gasteiger partial charge in [0, 0.05) is 29.1 Å². The zero-order chi connectivity index (χ0) is 21.1. The lowest BCUT2D eigenvalue weighted by atomic mass is 9.99. The van der Waals surface area contributed by atoms with Gasteiger partial charge in [-0.15, -0.1) is 0 Å². The highest BCUT2D eigenvalue weighted by atomic mass is 32.1. The van der Waals surface area contributed by atoms with E-state index in [1.54, 1.807) is 0 Å². The maximum absolute atomic E-state index is 5.58. The number of hydrogen-bond acceptors (Lipinski definition) is 3. The molecule has 0 radical (unpaired) electrons. The average molecular weight is 412 g/mol. The van der Waals surface area contributed by atoms with Crippen molar-refractivity contribution in [3.8, 4) is 5.69 Å². The van der Waals surface area contributed by atoms with Gasteiger partial charge in [-0.2, -0.15) is 5.10 Å². The van der Waals surface area contributed by atoms with Crippen LogP contribution in [-0.2, 0) is 6.42 Å². The fourth-order valence-corrected chi connectivity index (χ4v) is 3.80. The molecule has 0 spiro atoms. The van der Waals surface area contributed by atoms with Crippen LogP contribution in [0.25, 0.3) is 16.6 Å². The number of rotatable bonds is 6. The van der Waals surface area contributed by atoms with Crippen LogP contribution in [-0.4, -0.2) is 27.4 Å². The first-order chi connectivity index (χ1) is 14.5. The van der Waals surface area contributed by atoms with E-state index in [9.17, 15) is 0 Å². The second-order valence-electron chi connectivity index (χ2n) is 7.78. The number of aromatic nitrogens is 2. The van der Waals surface area contributed by atoms with Gasteiger partial charge in [-0.3, -0.25) is 4.99 Å². The lowest BCUT2D eigenvalue weighted by Crippen LogP contribution is -2.07. The molecule has 1 aromatic heterocycles. The maximum atomic E-state index is 5.58. The van der Waals surface area contributed by atoms with Gasteiger partial charge in [-0.25, -0.2) is 4.68 Å². The van der Waals surface area contributed by atoms with Gasteiger partial charge in [0.2, 0.25) is 0 Å².